The molecular weight excluding hydrogens is 420 g/mol. The van der Waals surface area contributed by atoms with Gasteiger partial charge < -0.3 is 15.4 Å². The van der Waals surface area contributed by atoms with Gasteiger partial charge in [-0.25, -0.2) is 5.43 Å². The van der Waals surface area contributed by atoms with E-state index in [0.29, 0.717) is 11.3 Å². The Morgan fingerprint density at radius 3 is 2.39 bits per heavy atom. The molecule has 0 unspecified atom stereocenters. The number of rotatable bonds is 8. The highest BCUT2D eigenvalue weighted by atomic mass is 16.5. The van der Waals surface area contributed by atoms with E-state index in [0.717, 1.165) is 31.2 Å². The summed E-state index contributed by atoms with van der Waals surface area (Å²) in [4.78, 5) is 36.0. The molecule has 0 heterocycles. The second-order valence-corrected chi connectivity index (χ2v) is 8.07. The Hall–Kier alpha value is -3.68. The number of amides is 3. The van der Waals surface area contributed by atoms with Crippen molar-refractivity contribution in [2.45, 2.75) is 51.1 Å². The second kappa shape index (κ2) is 12.4. The topological polar surface area (TPSA) is 109 Å². The largest absolute Gasteiger partial charge is 0.484 e. The molecule has 1 aliphatic carbocycles. The van der Waals surface area contributed by atoms with Crippen molar-refractivity contribution >= 4 is 23.9 Å². The van der Waals surface area contributed by atoms with Crippen LogP contribution in [0.25, 0.3) is 0 Å². The van der Waals surface area contributed by atoms with Gasteiger partial charge in [-0.05, 0) is 55.2 Å². The normalized spacial score (nSPS) is 14.9. The van der Waals surface area contributed by atoms with Crippen molar-refractivity contribution in [2.24, 2.45) is 5.10 Å². The van der Waals surface area contributed by atoms with Gasteiger partial charge >= 0.3 is 11.8 Å². The third kappa shape index (κ3) is 8.07. The zero-order chi connectivity index (χ0) is 23.5. The van der Waals surface area contributed by atoms with Crippen LogP contribution in [0.15, 0.2) is 59.7 Å². The molecule has 0 bridgehead atoms. The lowest BCUT2D eigenvalue weighted by molar-refractivity contribution is -0.139. The number of ether oxygens (including phenoxy) is 1. The summed E-state index contributed by atoms with van der Waals surface area (Å²) in [5.74, 6) is -1.17. The quantitative estimate of drug-likeness (QED) is 0.326. The molecule has 3 rings (SSSR count). The summed E-state index contributed by atoms with van der Waals surface area (Å²) in [5, 5.41) is 9.46. The number of hydrogen-bond acceptors (Lipinski definition) is 5. The molecule has 1 aliphatic rings. The van der Waals surface area contributed by atoms with E-state index >= 15 is 0 Å². The van der Waals surface area contributed by atoms with E-state index in [2.05, 4.69) is 21.2 Å². The Bertz CT molecular complexity index is 954. The minimum atomic E-state index is -0.849. The minimum absolute atomic E-state index is 0.0312. The Balaban J connectivity index is 1.38. The molecule has 0 spiro atoms. The third-order valence-corrected chi connectivity index (χ3v) is 5.45. The molecule has 8 nitrogen and oxygen atoms in total. The number of hydrazone groups is 1. The highest BCUT2D eigenvalue weighted by molar-refractivity contribution is 6.35. The van der Waals surface area contributed by atoms with Gasteiger partial charge in [0.25, 0.3) is 5.91 Å². The van der Waals surface area contributed by atoms with Crippen LogP contribution in [-0.2, 0) is 14.4 Å². The van der Waals surface area contributed by atoms with Gasteiger partial charge in [0.15, 0.2) is 6.61 Å². The van der Waals surface area contributed by atoms with Crippen LogP contribution in [0, 0.1) is 0 Å². The maximum atomic E-state index is 12.0. The Morgan fingerprint density at radius 2 is 1.70 bits per heavy atom. The number of carbonyl (C=O) groups excluding carboxylic acids is 3. The van der Waals surface area contributed by atoms with Crippen LogP contribution in [0.3, 0.4) is 0 Å². The average Bonchev–Trinajstić information content (AvgIpc) is 2.84. The molecule has 1 saturated carbocycles. The summed E-state index contributed by atoms with van der Waals surface area (Å²) < 4.78 is 5.53. The molecule has 0 saturated heterocycles. The van der Waals surface area contributed by atoms with E-state index < -0.39 is 11.8 Å². The molecule has 0 aromatic heterocycles. The molecule has 8 heteroatoms. The van der Waals surface area contributed by atoms with Crippen LogP contribution < -0.4 is 20.8 Å². The van der Waals surface area contributed by atoms with E-state index in [9.17, 15) is 14.4 Å². The molecule has 3 amide bonds. The Labute approximate surface area is 193 Å². The molecule has 33 heavy (non-hydrogen) atoms. The van der Waals surface area contributed by atoms with Crippen LogP contribution in [0.5, 0.6) is 5.75 Å². The number of hydrogen-bond donors (Lipinski definition) is 3. The Morgan fingerprint density at radius 1 is 1.00 bits per heavy atom. The average molecular weight is 451 g/mol. The van der Waals surface area contributed by atoms with Crippen molar-refractivity contribution in [1.82, 2.24) is 16.1 Å². The maximum Gasteiger partial charge on any atom is 0.329 e. The first-order valence-corrected chi connectivity index (χ1v) is 11.2. The standard InChI is InChI=1S/C25H30N4O4/c1-18(20-8-4-2-5-9-20)27-24(31)25(32)29-26-16-19-12-14-22(15-13-19)33-17-23(30)28-21-10-6-3-7-11-21/h2,4-5,8-9,12-16,18,21H,3,6-7,10-11,17H2,1H3,(H,27,31)(H,28,30)(H,29,32)/b26-16-/t18-/m1/s1. The van der Waals surface area contributed by atoms with Gasteiger partial charge in [0.1, 0.15) is 5.75 Å². The minimum Gasteiger partial charge on any atom is -0.484 e. The second-order valence-electron chi connectivity index (χ2n) is 8.07. The smallest absolute Gasteiger partial charge is 0.329 e. The first kappa shape index (κ1) is 24.0. The van der Waals surface area contributed by atoms with E-state index in [1.807, 2.05) is 30.3 Å². The van der Waals surface area contributed by atoms with Crippen LogP contribution in [-0.4, -0.2) is 36.6 Å². The van der Waals surface area contributed by atoms with Gasteiger partial charge in [-0.3, -0.25) is 14.4 Å². The molecule has 3 N–H and O–H groups in total. The van der Waals surface area contributed by atoms with Gasteiger partial charge in [-0.15, -0.1) is 0 Å². The van der Waals surface area contributed by atoms with E-state index in [4.69, 9.17) is 4.74 Å². The lowest BCUT2D eigenvalue weighted by atomic mass is 9.95. The first-order valence-electron chi connectivity index (χ1n) is 11.2. The van der Waals surface area contributed by atoms with Crippen LogP contribution in [0.1, 0.15) is 56.2 Å². The summed E-state index contributed by atoms with van der Waals surface area (Å²) in [6.07, 6.45) is 7.04. The fourth-order valence-corrected chi connectivity index (χ4v) is 3.62. The maximum absolute atomic E-state index is 12.0. The van der Waals surface area contributed by atoms with Crippen LogP contribution >= 0.6 is 0 Å². The van der Waals surface area contributed by atoms with Crippen molar-refractivity contribution in [3.05, 3.63) is 65.7 Å². The van der Waals surface area contributed by atoms with E-state index in [1.165, 1.54) is 12.6 Å². The highest BCUT2D eigenvalue weighted by Gasteiger charge is 2.17. The van der Waals surface area contributed by atoms with Crippen molar-refractivity contribution in [3.63, 3.8) is 0 Å². The summed E-state index contributed by atoms with van der Waals surface area (Å²) in [6.45, 7) is 1.77. The lowest BCUT2D eigenvalue weighted by Crippen LogP contribution is -2.39. The van der Waals surface area contributed by atoms with E-state index in [1.54, 1.807) is 31.2 Å². The summed E-state index contributed by atoms with van der Waals surface area (Å²) in [7, 11) is 0. The SMILES string of the molecule is C[C@@H](NC(=O)C(=O)N/N=C\c1ccc(OCC(=O)NC2CCCCC2)cc1)c1ccccc1. The van der Waals surface area contributed by atoms with Crippen LogP contribution in [0.2, 0.25) is 0 Å². The molecule has 0 radical (unpaired) electrons. The van der Waals surface area contributed by atoms with Gasteiger partial charge in [-0.1, -0.05) is 49.6 Å². The zero-order valence-electron chi connectivity index (χ0n) is 18.8. The van der Waals surface area contributed by atoms with Gasteiger partial charge in [-0.2, -0.15) is 5.10 Å². The molecule has 2 aromatic rings. The Kier molecular flexibility index (Phi) is 8.99. The monoisotopic (exact) mass is 450 g/mol. The van der Waals surface area contributed by atoms with Gasteiger partial charge in [0.05, 0.1) is 12.3 Å². The summed E-state index contributed by atoms with van der Waals surface area (Å²) in [6, 6.07) is 16.2. The predicted molar refractivity (Wildman–Crippen MR) is 126 cm³/mol. The number of nitrogens with zero attached hydrogens (tertiary/aromatic N) is 1. The number of carbonyl (C=O) groups is 3. The molecule has 0 aliphatic heterocycles. The number of benzene rings is 2. The molecular formula is C25H30N4O4. The summed E-state index contributed by atoms with van der Waals surface area (Å²) in [5.41, 5.74) is 3.82. The van der Waals surface area contributed by atoms with Crippen LogP contribution in [0.4, 0.5) is 0 Å². The summed E-state index contributed by atoms with van der Waals surface area (Å²) >= 11 is 0. The van der Waals surface area contributed by atoms with Crippen molar-refractivity contribution in [1.29, 1.82) is 0 Å². The van der Waals surface area contributed by atoms with Crippen molar-refractivity contribution < 1.29 is 19.1 Å². The predicted octanol–water partition coefficient (Wildman–Crippen LogP) is 2.84. The number of nitrogens with one attached hydrogen (secondary N) is 3. The lowest BCUT2D eigenvalue weighted by Gasteiger charge is -2.22. The molecule has 174 valence electrons. The first-order chi connectivity index (χ1) is 16.0. The van der Waals surface area contributed by atoms with Gasteiger partial charge in [0.2, 0.25) is 0 Å². The molecule has 1 fully saturated rings. The fourth-order valence-electron chi connectivity index (χ4n) is 3.62. The third-order valence-electron chi connectivity index (χ3n) is 5.45. The molecule has 2 aromatic carbocycles. The fraction of sp³-hybridized carbons (Fsp3) is 0.360. The van der Waals surface area contributed by atoms with E-state index in [-0.39, 0.29) is 24.6 Å². The highest BCUT2D eigenvalue weighted by Crippen LogP contribution is 2.17. The zero-order valence-corrected chi connectivity index (χ0v) is 18.8. The molecule has 1 atom stereocenters. The van der Waals surface area contributed by atoms with Gasteiger partial charge in [0, 0.05) is 6.04 Å². The van der Waals surface area contributed by atoms with Crippen molar-refractivity contribution in [3.8, 4) is 5.75 Å². The van der Waals surface area contributed by atoms with Crippen molar-refractivity contribution in [2.75, 3.05) is 6.61 Å².